The van der Waals surface area contributed by atoms with Crippen LogP contribution in [0.15, 0.2) is 60.7 Å². The second-order valence-electron chi connectivity index (χ2n) is 10.8. The summed E-state index contributed by atoms with van der Waals surface area (Å²) >= 11 is 0. The molecule has 0 saturated carbocycles. The van der Waals surface area contributed by atoms with Crippen LogP contribution in [0.2, 0.25) is 0 Å². The fourth-order valence-corrected chi connectivity index (χ4v) is 10.2. The van der Waals surface area contributed by atoms with Gasteiger partial charge in [-0.25, -0.2) is 0 Å². The van der Waals surface area contributed by atoms with Crippen molar-refractivity contribution < 1.29 is 23.5 Å². The van der Waals surface area contributed by atoms with Gasteiger partial charge in [-0.05, 0) is 68.1 Å². The smallest absolute Gasteiger partial charge is 0.172 e. The standard InChI is InChI=1S/C33H29O5P/c1-20-23-12-35-13-24(23)25-14-36-17-28(25)31(20)32-29-18-37-15-26(29)27-16-38-19-30(27)33(32)39(34,21-8-4-2-5-9-21)22-10-6-3-7-11-22/h2-11H,12-19H2,1H3. The van der Waals surface area contributed by atoms with Crippen molar-refractivity contribution in [2.24, 2.45) is 0 Å². The molecule has 0 bridgehead atoms. The first-order chi connectivity index (χ1) is 19.2. The predicted octanol–water partition coefficient (Wildman–Crippen LogP) is 5.42. The van der Waals surface area contributed by atoms with Crippen LogP contribution in [0.4, 0.5) is 0 Å². The van der Waals surface area contributed by atoms with Gasteiger partial charge >= 0.3 is 0 Å². The quantitative estimate of drug-likeness (QED) is 0.326. The molecule has 0 atom stereocenters. The molecule has 39 heavy (non-hydrogen) atoms. The van der Waals surface area contributed by atoms with E-state index in [1.54, 1.807) is 0 Å². The molecule has 0 spiro atoms. The van der Waals surface area contributed by atoms with Gasteiger partial charge in [0.25, 0.3) is 0 Å². The molecule has 196 valence electrons. The van der Waals surface area contributed by atoms with Gasteiger partial charge in [0.05, 0.1) is 52.9 Å². The van der Waals surface area contributed by atoms with Gasteiger partial charge in [-0.2, -0.15) is 0 Å². The van der Waals surface area contributed by atoms with E-state index in [0.717, 1.165) is 43.7 Å². The lowest BCUT2D eigenvalue weighted by Crippen LogP contribution is -2.30. The lowest BCUT2D eigenvalue weighted by atomic mass is 9.82. The Labute approximate surface area is 228 Å². The topological polar surface area (TPSA) is 54.0 Å². The third-order valence-electron chi connectivity index (χ3n) is 8.92. The summed E-state index contributed by atoms with van der Waals surface area (Å²) in [6, 6.07) is 20.0. The maximum Gasteiger partial charge on any atom is 0.172 e. The molecule has 4 aromatic rings. The van der Waals surface area contributed by atoms with Crippen LogP contribution in [0.1, 0.15) is 50.1 Å². The second-order valence-corrected chi connectivity index (χ2v) is 13.5. The Morgan fingerprint density at radius 3 is 1.41 bits per heavy atom. The molecule has 0 aliphatic carbocycles. The van der Waals surface area contributed by atoms with Crippen LogP contribution in [-0.2, 0) is 76.4 Å². The summed E-state index contributed by atoms with van der Waals surface area (Å²) in [6.07, 6.45) is 0. The van der Waals surface area contributed by atoms with Gasteiger partial charge in [0.15, 0.2) is 7.14 Å². The monoisotopic (exact) mass is 536 g/mol. The third-order valence-corrected chi connectivity index (χ3v) is 12.1. The van der Waals surface area contributed by atoms with Crippen LogP contribution in [0.25, 0.3) is 11.1 Å². The van der Waals surface area contributed by atoms with Crippen LogP contribution < -0.4 is 15.9 Å². The van der Waals surface area contributed by atoms with E-state index >= 15 is 4.57 Å². The normalized spacial score (nSPS) is 17.3. The molecule has 4 aromatic carbocycles. The Morgan fingerprint density at radius 1 is 0.487 bits per heavy atom. The molecular weight excluding hydrogens is 507 g/mol. The average molecular weight is 537 g/mol. The molecule has 0 fully saturated rings. The van der Waals surface area contributed by atoms with Crippen LogP contribution in [0, 0.1) is 6.92 Å². The minimum atomic E-state index is -3.33. The highest BCUT2D eigenvalue weighted by molar-refractivity contribution is 7.85. The van der Waals surface area contributed by atoms with Crippen molar-refractivity contribution in [3.05, 3.63) is 111 Å². The van der Waals surface area contributed by atoms with Gasteiger partial charge in [0, 0.05) is 15.9 Å². The Hall–Kier alpha value is -3.05. The molecule has 4 aliphatic rings. The summed E-state index contributed by atoms with van der Waals surface area (Å²) in [4.78, 5) is 0. The summed E-state index contributed by atoms with van der Waals surface area (Å²) < 4.78 is 40.4. The molecule has 0 aromatic heterocycles. The molecule has 5 nitrogen and oxygen atoms in total. The molecule has 0 amide bonds. The van der Waals surface area contributed by atoms with Crippen molar-refractivity contribution >= 4 is 23.1 Å². The van der Waals surface area contributed by atoms with Crippen LogP contribution in [-0.4, -0.2) is 0 Å². The zero-order chi connectivity index (χ0) is 26.1. The first-order valence-corrected chi connectivity index (χ1v) is 15.3. The van der Waals surface area contributed by atoms with E-state index < -0.39 is 7.14 Å². The first-order valence-electron chi connectivity index (χ1n) is 13.6. The highest BCUT2D eigenvalue weighted by atomic mass is 31.2. The number of benzene rings is 4. The van der Waals surface area contributed by atoms with Gasteiger partial charge < -0.3 is 23.5 Å². The molecule has 0 N–H and O–H groups in total. The van der Waals surface area contributed by atoms with Gasteiger partial charge in [-0.1, -0.05) is 60.7 Å². The fourth-order valence-electron chi connectivity index (χ4n) is 7.10. The number of ether oxygens (including phenoxy) is 4. The number of fused-ring (bicyclic) bond motifs is 6. The van der Waals surface area contributed by atoms with Crippen molar-refractivity contribution in [3.8, 4) is 11.1 Å². The Bertz CT molecular complexity index is 1650. The number of rotatable bonds is 4. The first kappa shape index (κ1) is 23.8. The Balaban J connectivity index is 1.56. The van der Waals surface area contributed by atoms with Crippen LogP contribution >= 0.6 is 7.14 Å². The van der Waals surface area contributed by atoms with E-state index in [0.29, 0.717) is 52.9 Å². The maximum atomic E-state index is 16.1. The molecule has 4 aliphatic heterocycles. The van der Waals surface area contributed by atoms with Gasteiger partial charge in [-0.3, -0.25) is 0 Å². The predicted molar refractivity (Wildman–Crippen MR) is 150 cm³/mol. The van der Waals surface area contributed by atoms with Gasteiger partial charge in [0.1, 0.15) is 0 Å². The van der Waals surface area contributed by atoms with E-state index in [1.807, 2.05) is 60.7 Å². The van der Waals surface area contributed by atoms with E-state index in [1.165, 1.54) is 33.4 Å². The molecule has 6 heteroatoms. The van der Waals surface area contributed by atoms with E-state index in [9.17, 15) is 0 Å². The van der Waals surface area contributed by atoms with Crippen molar-refractivity contribution in [1.82, 2.24) is 0 Å². The molecule has 4 heterocycles. The molecule has 0 saturated heterocycles. The van der Waals surface area contributed by atoms with Crippen molar-refractivity contribution in [2.75, 3.05) is 0 Å². The Morgan fingerprint density at radius 2 is 0.872 bits per heavy atom. The molecule has 0 radical (unpaired) electrons. The molecule has 8 rings (SSSR count). The minimum Gasteiger partial charge on any atom is -0.372 e. The number of hydrogen-bond acceptors (Lipinski definition) is 5. The van der Waals surface area contributed by atoms with Gasteiger partial charge in [0.2, 0.25) is 0 Å². The van der Waals surface area contributed by atoms with Crippen molar-refractivity contribution in [2.45, 2.75) is 59.8 Å². The third kappa shape index (κ3) is 3.32. The summed E-state index contributed by atoms with van der Waals surface area (Å²) in [5, 5.41) is 2.58. The summed E-state index contributed by atoms with van der Waals surface area (Å²) in [5.74, 6) is 0. The van der Waals surface area contributed by atoms with E-state index in [-0.39, 0.29) is 0 Å². The SMILES string of the molecule is Cc1c2c(c3c(c1-c1c4c(c5c(c1P(=O)(c1ccccc1)c1ccccc1)COC5)COC4)COC3)COC2. The lowest BCUT2D eigenvalue weighted by Gasteiger charge is -2.29. The van der Waals surface area contributed by atoms with E-state index in [4.69, 9.17) is 18.9 Å². The zero-order valence-electron chi connectivity index (χ0n) is 21.9. The van der Waals surface area contributed by atoms with Crippen molar-refractivity contribution in [1.29, 1.82) is 0 Å². The van der Waals surface area contributed by atoms with Crippen molar-refractivity contribution in [3.63, 3.8) is 0 Å². The van der Waals surface area contributed by atoms with E-state index in [2.05, 4.69) is 6.92 Å². The maximum absolute atomic E-state index is 16.1. The second kappa shape index (κ2) is 8.99. The highest BCUT2D eigenvalue weighted by Crippen LogP contribution is 2.53. The van der Waals surface area contributed by atoms with Gasteiger partial charge in [-0.15, -0.1) is 0 Å². The molecular formula is C33H29O5P. The lowest BCUT2D eigenvalue weighted by molar-refractivity contribution is 0.126. The zero-order valence-corrected chi connectivity index (χ0v) is 22.8. The summed E-state index contributed by atoms with van der Waals surface area (Å²) in [6.45, 7) is 6.58. The Kier molecular flexibility index (Phi) is 5.49. The highest BCUT2D eigenvalue weighted by Gasteiger charge is 2.42. The summed E-state index contributed by atoms with van der Waals surface area (Å²) in [7, 11) is -3.33. The fraction of sp³-hybridized carbons (Fsp3) is 0.273. The summed E-state index contributed by atoms with van der Waals surface area (Å²) in [5.41, 5.74) is 13.0. The average Bonchev–Trinajstić information content (AvgIpc) is 3.79. The largest absolute Gasteiger partial charge is 0.372 e. The number of hydrogen-bond donors (Lipinski definition) is 0. The molecule has 0 unspecified atom stereocenters. The van der Waals surface area contributed by atoms with Crippen LogP contribution in [0.3, 0.4) is 0 Å². The van der Waals surface area contributed by atoms with Crippen LogP contribution in [0.5, 0.6) is 0 Å². The minimum absolute atomic E-state index is 0.445.